The number of hydrogen-bond donors (Lipinski definition) is 0. The molecule has 0 spiro atoms. The predicted octanol–water partition coefficient (Wildman–Crippen LogP) is 3.17. The molecule has 0 amide bonds. The van der Waals surface area contributed by atoms with E-state index in [2.05, 4.69) is 10.2 Å². The van der Waals surface area contributed by atoms with Gasteiger partial charge in [-0.25, -0.2) is 8.42 Å². The van der Waals surface area contributed by atoms with Gasteiger partial charge in [-0.2, -0.15) is 5.10 Å². The third kappa shape index (κ3) is 2.59. The Labute approximate surface area is 130 Å². The fourth-order valence-electron chi connectivity index (χ4n) is 1.84. The molecule has 0 bridgehead atoms. The van der Waals surface area contributed by atoms with Crippen LogP contribution in [0.2, 0.25) is 5.02 Å². The third-order valence-electron chi connectivity index (χ3n) is 2.95. The minimum Gasteiger partial charge on any atom is -0.251 e. The van der Waals surface area contributed by atoms with Crippen LogP contribution in [0.25, 0.3) is 10.1 Å². The minimum absolute atomic E-state index is 0.243. The number of sulfonamides is 1. The number of thiophene rings is 1. The molecule has 21 heavy (non-hydrogen) atoms. The van der Waals surface area contributed by atoms with Crippen molar-refractivity contribution < 1.29 is 8.42 Å². The summed E-state index contributed by atoms with van der Waals surface area (Å²) in [6.45, 7) is 0. The van der Waals surface area contributed by atoms with Gasteiger partial charge in [0.1, 0.15) is 4.21 Å². The summed E-state index contributed by atoms with van der Waals surface area (Å²) in [4.78, 5) is 0. The van der Waals surface area contributed by atoms with Crippen molar-refractivity contribution in [2.45, 2.75) is 4.21 Å². The first-order valence-electron chi connectivity index (χ1n) is 5.94. The Hall–Kier alpha value is -1.70. The SMILES string of the molecule is CN(c1cccnn1)S(=O)(=O)c1cc2cc(Cl)ccc2s1. The highest BCUT2D eigenvalue weighted by Crippen LogP contribution is 2.33. The maximum absolute atomic E-state index is 12.6. The molecule has 2 aromatic heterocycles. The second-order valence-corrected chi connectivity index (χ2v) is 8.02. The lowest BCUT2D eigenvalue weighted by atomic mass is 10.3. The number of halogens is 1. The van der Waals surface area contributed by atoms with E-state index in [1.165, 1.54) is 24.6 Å². The average Bonchev–Trinajstić information content (AvgIpc) is 2.91. The summed E-state index contributed by atoms with van der Waals surface area (Å²) >= 11 is 7.13. The van der Waals surface area contributed by atoms with Crippen LogP contribution in [-0.4, -0.2) is 25.7 Å². The largest absolute Gasteiger partial charge is 0.274 e. The molecule has 0 atom stereocenters. The van der Waals surface area contributed by atoms with Crippen molar-refractivity contribution in [3.05, 3.63) is 47.6 Å². The predicted molar refractivity (Wildman–Crippen MR) is 84.5 cm³/mol. The van der Waals surface area contributed by atoms with E-state index in [-0.39, 0.29) is 10.0 Å². The van der Waals surface area contributed by atoms with Gasteiger partial charge in [0.15, 0.2) is 5.82 Å². The summed E-state index contributed by atoms with van der Waals surface area (Å²) in [5.41, 5.74) is 0. The minimum atomic E-state index is -3.66. The van der Waals surface area contributed by atoms with Crippen LogP contribution in [0.5, 0.6) is 0 Å². The number of benzene rings is 1. The maximum Gasteiger partial charge on any atom is 0.274 e. The Morgan fingerprint density at radius 3 is 2.76 bits per heavy atom. The van der Waals surface area contributed by atoms with E-state index in [1.807, 2.05) is 6.07 Å². The van der Waals surface area contributed by atoms with Gasteiger partial charge < -0.3 is 0 Å². The van der Waals surface area contributed by atoms with Crippen LogP contribution in [0.3, 0.4) is 0 Å². The van der Waals surface area contributed by atoms with E-state index in [0.717, 1.165) is 14.4 Å². The van der Waals surface area contributed by atoms with Crippen molar-refractivity contribution >= 4 is 48.9 Å². The van der Waals surface area contributed by atoms with Crippen molar-refractivity contribution in [2.24, 2.45) is 0 Å². The van der Waals surface area contributed by atoms with Crippen molar-refractivity contribution in [3.63, 3.8) is 0 Å². The van der Waals surface area contributed by atoms with Gasteiger partial charge in [0.05, 0.1) is 0 Å². The van der Waals surface area contributed by atoms with Crippen molar-refractivity contribution in [1.29, 1.82) is 0 Å². The number of fused-ring (bicyclic) bond motifs is 1. The molecule has 0 saturated heterocycles. The van der Waals surface area contributed by atoms with E-state index in [4.69, 9.17) is 11.6 Å². The molecular formula is C13H10ClN3O2S2. The van der Waals surface area contributed by atoms with Gasteiger partial charge in [-0.05, 0) is 41.8 Å². The third-order valence-corrected chi connectivity index (χ3v) is 6.51. The summed E-state index contributed by atoms with van der Waals surface area (Å²) < 4.78 is 27.5. The quantitative estimate of drug-likeness (QED) is 0.735. The highest BCUT2D eigenvalue weighted by Gasteiger charge is 2.24. The van der Waals surface area contributed by atoms with Gasteiger partial charge in [-0.15, -0.1) is 16.4 Å². The standard InChI is InChI=1S/C13H10ClN3O2S2/c1-17(12-3-2-6-15-16-12)21(18,19)13-8-9-7-10(14)4-5-11(9)20-13/h2-8H,1H3. The Morgan fingerprint density at radius 2 is 2.05 bits per heavy atom. The lowest BCUT2D eigenvalue weighted by Gasteiger charge is -2.16. The lowest BCUT2D eigenvalue weighted by molar-refractivity contribution is 0.595. The van der Waals surface area contributed by atoms with Crippen LogP contribution in [-0.2, 0) is 10.0 Å². The van der Waals surface area contributed by atoms with Gasteiger partial charge in [-0.1, -0.05) is 11.6 Å². The van der Waals surface area contributed by atoms with E-state index in [9.17, 15) is 8.42 Å². The monoisotopic (exact) mass is 339 g/mol. The molecule has 0 radical (unpaired) electrons. The van der Waals surface area contributed by atoms with E-state index in [1.54, 1.807) is 30.3 Å². The van der Waals surface area contributed by atoms with Crippen molar-refractivity contribution in [2.75, 3.05) is 11.4 Å². The molecule has 0 N–H and O–H groups in total. The van der Waals surface area contributed by atoms with Crippen LogP contribution >= 0.6 is 22.9 Å². The molecule has 3 aromatic rings. The van der Waals surface area contributed by atoms with Crippen LogP contribution in [0.4, 0.5) is 5.82 Å². The molecule has 0 saturated carbocycles. The smallest absolute Gasteiger partial charge is 0.251 e. The summed E-state index contributed by atoms with van der Waals surface area (Å²) in [6, 6.07) is 10.1. The Bertz CT molecular complexity index is 894. The zero-order valence-corrected chi connectivity index (χ0v) is 13.3. The molecule has 0 fully saturated rings. The van der Waals surface area contributed by atoms with Crippen LogP contribution in [0, 0.1) is 0 Å². The summed E-state index contributed by atoms with van der Waals surface area (Å²) in [6.07, 6.45) is 1.49. The number of anilines is 1. The highest BCUT2D eigenvalue weighted by molar-refractivity contribution is 7.94. The molecule has 108 valence electrons. The van der Waals surface area contributed by atoms with Crippen molar-refractivity contribution in [1.82, 2.24) is 10.2 Å². The van der Waals surface area contributed by atoms with Gasteiger partial charge in [-0.3, -0.25) is 4.31 Å². The van der Waals surface area contributed by atoms with Gasteiger partial charge in [0.2, 0.25) is 0 Å². The normalized spacial score (nSPS) is 11.7. The molecule has 0 unspecified atom stereocenters. The van der Waals surface area contributed by atoms with Gasteiger partial charge in [0.25, 0.3) is 10.0 Å². The molecule has 0 aliphatic carbocycles. The number of hydrogen-bond acceptors (Lipinski definition) is 5. The van der Waals surface area contributed by atoms with E-state index < -0.39 is 10.0 Å². The first kappa shape index (κ1) is 14.2. The van der Waals surface area contributed by atoms with E-state index in [0.29, 0.717) is 5.02 Å². The molecule has 2 heterocycles. The van der Waals surface area contributed by atoms with E-state index >= 15 is 0 Å². The summed E-state index contributed by atoms with van der Waals surface area (Å²) in [7, 11) is -2.21. The molecular weight excluding hydrogens is 330 g/mol. The molecule has 1 aromatic carbocycles. The lowest BCUT2D eigenvalue weighted by Crippen LogP contribution is -2.26. The number of nitrogens with zero attached hydrogens (tertiary/aromatic N) is 3. The first-order chi connectivity index (χ1) is 9.98. The Kier molecular flexibility index (Phi) is 3.56. The molecule has 0 aliphatic heterocycles. The fraction of sp³-hybridized carbons (Fsp3) is 0.0769. The molecule has 0 aliphatic rings. The van der Waals surface area contributed by atoms with Crippen molar-refractivity contribution in [3.8, 4) is 0 Å². The maximum atomic E-state index is 12.6. The zero-order valence-electron chi connectivity index (χ0n) is 10.9. The topological polar surface area (TPSA) is 63.2 Å². The molecule has 8 heteroatoms. The second-order valence-electron chi connectivity index (χ2n) is 4.30. The second kappa shape index (κ2) is 5.25. The number of rotatable bonds is 3. The highest BCUT2D eigenvalue weighted by atomic mass is 35.5. The first-order valence-corrected chi connectivity index (χ1v) is 8.58. The Balaban J connectivity index is 2.08. The molecule has 5 nitrogen and oxygen atoms in total. The zero-order chi connectivity index (χ0) is 15.0. The van der Waals surface area contributed by atoms with Crippen LogP contribution in [0.15, 0.2) is 46.8 Å². The Morgan fingerprint density at radius 1 is 1.24 bits per heavy atom. The van der Waals surface area contributed by atoms with Crippen LogP contribution < -0.4 is 4.31 Å². The summed E-state index contributed by atoms with van der Waals surface area (Å²) in [5.74, 6) is 0.271. The summed E-state index contributed by atoms with van der Waals surface area (Å²) in [5, 5.41) is 8.90. The van der Waals surface area contributed by atoms with Gasteiger partial charge >= 0.3 is 0 Å². The van der Waals surface area contributed by atoms with Crippen LogP contribution in [0.1, 0.15) is 0 Å². The number of aromatic nitrogens is 2. The molecule has 3 rings (SSSR count). The average molecular weight is 340 g/mol. The fourth-order valence-corrected chi connectivity index (χ4v) is 4.71. The van der Waals surface area contributed by atoms with Gasteiger partial charge in [0, 0.05) is 23.0 Å².